The Morgan fingerprint density at radius 1 is 1.18 bits per heavy atom. The summed E-state index contributed by atoms with van der Waals surface area (Å²) >= 11 is 0. The van der Waals surface area contributed by atoms with E-state index in [4.69, 9.17) is 24.9 Å². The van der Waals surface area contributed by atoms with Gasteiger partial charge in [-0.15, -0.1) is 5.10 Å². The first-order valence-corrected chi connectivity index (χ1v) is 13.1. The molecule has 0 saturated carbocycles. The lowest BCUT2D eigenvalue weighted by molar-refractivity contribution is -0.0100. The van der Waals surface area contributed by atoms with Gasteiger partial charge in [0, 0.05) is 45.2 Å². The van der Waals surface area contributed by atoms with Crippen LogP contribution in [0.2, 0.25) is 0 Å². The van der Waals surface area contributed by atoms with Gasteiger partial charge in [-0.1, -0.05) is 0 Å². The van der Waals surface area contributed by atoms with E-state index in [-0.39, 0.29) is 23.7 Å². The number of morpholine rings is 1. The summed E-state index contributed by atoms with van der Waals surface area (Å²) < 4.78 is 20.6. The molecule has 2 saturated heterocycles. The largest absolute Gasteiger partial charge is 0.382 e. The predicted octanol–water partition coefficient (Wildman–Crippen LogP) is 2.28. The molecule has 11 heteroatoms. The molecular formula is C27H33N7O4. The predicted molar refractivity (Wildman–Crippen MR) is 144 cm³/mol. The number of rotatable bonds is 7. The monoisotopic (exact) mass is 519 g/mol. The van der Waals surface area contributed by atoms with Crippen molar-refractivity contribution in [2.75, 3.05) is 50.7 Å². The average molecular weight is 520 g/mol. The number of nitrogens with zero attached hydrogens (tertiary/aromatic N) is 6. The Morgan fingerprint density at radius 3 is 2.89 bits per heavy atom. The van der Waals surface area contributed by atoms with Crippen LogP contribution in [0.1, 0.15) is 35.9 Å². The van der Waals surface area contributed by atoms with Gasteiger partial charge in [-0.3, -0.25) is 9.36 Å². The Balaban J connectivity index is 1.34. The number of methoxy groups -OCH3 is 1. The van der Waals surface area contributed by atoms with Gasteiger partial charge in [0.2, 0.25) is 5.95 Å². The highest BCUT2D eigenvalue weighted by Gasteiger charge is 2.26. The molecule has 5 heterocycles. The lowest BCUT2D eigenvalue weighted by Gasteiger charge is -2.34. The van der Waals surface area contributed by atoms with Crippen LogP contribution in [0, 0.1) is 6.92 Å². The molecule has 0 spiro atoms. The third-order valence-corrected chi connectivity index (χ3v) is 7.45. The number of hydrogen-bond donors (Lipinski definition) is 1. The lowest BCUT2D eigenvalue weighted by Crippen LogP contribution is -2.44. The highest BCUT2D eigenvalue weighted by Crippen LogP contribution is 2.29. The molecule has 0 aliphatic carbocycles. The van der Waals surface area contributed by atoms with E-state index < -0.39 is 0 Å². The van der Waals surface area contributed by atoms with Crippen molar-refractivity contribution in [2.45, 2.75) is 44.9 Å². The SMILES string of the molecule is COC[C@H]1CN(c2ccc3c(=O)n(CCc4cn5nc(N)nc5cc4C)c(C4CCCO4)nc3c2)CCO1. The molecule has 2 N–H and O–H groups in total. The second kappa shape index (κ2) is 10.3. The third-order valence-electron chi connectivity index (χ3n) is 7.45. The number of nitrogen functional groups attached to an aromatic ring is 1. The quantitative estimate of drug-likeness (QED) is 0.392. The summed E-state index contributed by atoms with van der Waals surface area (Å²) in [5.74, 6) is 0.933. The lowest BCUT2D eigenvalue weighted by atomic mass is 10.1. The van der Waals surface area contributed by atoms with Crippen molar-refractivity contribution in [3.05, 3.63) is 57.8 Å². The van der Waals surface area contributed by atoms with E-state index in [1.54, 1.807) is 16.2 Å². The molecule has 1 unspecified atom stereocenters. The van der Waals surface area contributed by atoms with Crippen LogP contribution in [0.3, 0.4) is 0 Å². The maximum Gasteiger partial charge on any atom is 0.261 e. The maximum atomic E-state index is 13.8. The van der Waals surface area contributed by atoms with Crippen LogP contribution in [-0.2, 0) is 27.2 Å². The highest BCUT2D eigenvalue weighted by atomic mass is 16.5. The van der Waals surface area contributed by atoms with Crippen molar-refractivity contribution in [2.24, 2.45) is 0 Å². The van der Waals surface area contributed by atoms with Crippen molar-refractivity contribution in [3.63, 3.8) is 0 Å². The maximum absolute atomic E-state index is 13.8. The molecule has 4 aromatic rings. The summed E-state index contributed by atoms with van der Waals surface area (Å²) in [6.45, 7) is 5.89. The van der Waals surface area contributed by atoms with Gasteiger partial charge in [0.1, 0.15) is 11.9 Å². The highest BCUT2D eigenvalue weighted by molar-refractivity contribution is 5.81. The Hall–Kier alpha value is -3.54. The Bertz CT molecular complexity index is 1520. The molecular weight excluding hydrogens is 486 g/mol. The minimum Gasteiger partial charge on any atom is -0.382 e. The molecule has 0 radical (unpaired) electrons. The van der Waals surface area contributed by atoms with Crippen LogP contribution in [0.15, 0.2) is 35.3 Å². The third kappa shape index (κ3) is 4.72. The molecule has 11 nitrogen and oxygen atoms in total. The molecule has 6 rings (SSSR count). The summed E-state index contributed by atoms with van der Waals surface area (Å²) in [6, 6.07) is 7.88. The van der Waals surface area contributed by atoms with Crippen molar-refractivity contribution < 1.29 is 14.2 Å². The van der Waals surface area contributed by atoms with E-state index in [2.05, 4.69) is 15.0 Å². The Morgan fingerprint density at radius 2 is 2.08 bits per heavy atom. The van der Waals surface area contributed by atoms with Crippen molar-refractivity contribution in [1.29, 1.82) is 0 Å². The number of fused-ring (bicyclic) bond motifs is 2. The van der Waals surface area contributed by atoms with Crippen LogP contribution in [0.25, 0.3) is 16.6 Å². The minimum absolute atomic E-state index is 0.0181. The van der Waals surface area contributed by atoms with E-state index in [1.165, 1.54) is 0 Å². The zero-order valence-electron chi connectivity index (χ0n) is 21.8. The average Bonchev–Trinajstić information content (AvgIpc) is 3.57. The molecule has 2 fully saturated rings. The van der Waals surface area contributed by atoms with E-state index in [9.17, 15) is 4.79 Å². The van der Waals surface area contributed by atoms with Crippen LogP contribution in [0.4, 0.5) is 11.6 Å². The number of nitrogens with two attached hydrogens (primary N) is 1. The van der Waals surface area contributed by atoms with Crippen LogP contribution in [-0.4, -0.2) is 70.3 Å². The number of anilines is 2. The summed E-state index contributed by atoms with van der Waals surface area (Å²) in [4.78, 5) is 25.4. The van der Waals surface area contributed by atoms with E-state index in [0.29, 0.717) is 55.2 Å². The van der Waals surface area contributed by atoms with Gasteiger partial charge in [0.05, 0.1) is 30.2 Å². The number of pyridine rings is 1. The fourth-order valence-corrected chi connectivity index (χ4v) is 5.48. The normalized spacial score (nSPS) is 20.1. The summed E-state index contributed by atoms with van der Waals surface area (Å²) in [5, 5.41) is 4.84. The second-order valence-electron chi connectivity index (χ2n) is 10.0. The molecule has 1 aromatic carbocycles. The van der Waals surface area contributed by atoms with Crippen molar-refractivity contribution >= 4 is 28.2 Å². The first-order chi connectivity index (χ1) is 18.5. The van der Waals surface area contributed by atoms with Crippen LogP contribution in [0.5, 0.6) is 0 Å². The van der Waals surface area contributed by atoms with Gasteiger partial charge in [-0.05, 0) is 61.6 Å². The number of benzene rings is 1. The zero-order chi connectivity index (χ0) is 26.2. The number of hydrogen-bond acceptors (Lipinski definition) is 9. The molecule has 0 amide bonds. The first kappa shape index (κ1) is 24.8. The topological polar surface area (TPSA) is 122 Å². The number of ether oxygens (including phenoxy) is 3. The van der Waals surface area contributed by atoms with E-state index >= 15 is 0 Å². The minimum atomic E-state index is -0.191. The smallest absolute Gasteiger partial charge is 0.261 e. The fourth-order valence-electron chi connectivity index (χ4n) is 5.48. The van der Waals surface area contributed by atoms with Crippen LogP contribution >= 0.6 is 0 Å². The summed E-state index contributed by atoms with van der Waals surface area (Å²) in [5.41, 5.74) is 10.3. The molecule has 2 atom stereocenters. The number of aryl methyl sites for hydroxylation is 2. The molecule has 38 heavy (non-hydrogen) atoms. The molecule has 2 aliphatic heterocycles. The van der Waals surface area contributed by atoms with Gasteiger partial charge >= 0.3 is 0 Å². The molecule has 2 aliphatic rings. The van der Waals surface area contributed by atoms with Crippen LogP contribution < -0.4 is 16.2 Å². The summed E-state index contributed by atoms with van der Waals surface area (Å²) in [7, 11) is 1.68. The molecule has 200 valence electrons. The molecule has 0 bridgehead atoms. The van der Waals surface area contributed by atoms with Gasteiger partial charge in [-0.25, -0.2) is 9.50 Å². The van der Waals surface area contributed by atoms with Crippen molar-refractivity contribution in [1.82, 2.24) is 24.1 Å². The molecule has 3 aromatic heterocycles. The first-order valence-electron chi connectivity index (χ1n) is 13.1. The van der Waals surface area contributed by atoms with E-state index in [1.807, 2.05) is 37.4 Å². The van der Waals surface area contributed by atoms with E-state index in [0.717, 1.165) is 42.7 Å². The van der Waals surface area contributed by atoms with Gasteiger partial charge in [0.25, 0.3) is 5.56 Å². The summed E-state index contributed by atoms with van der Waals surface area (Å²) in [6.07, 6.45) is 4.21. The number of aromatic nitrogens is 5. The second-order valence-corrected chi connectivity index (χ2v) is 10.0. The van der Waals surface area contributed by atoms with Gasteiger partial charge < -0.3 is 24.8 Å². The Labute approximate surface area is 220 Å². The standard InChI is InChI=1S/C27H33N7O4/c1-17-12-24-30-27(28)31-34(24)14-18(17)7-8-33-25(23-4-3-10-38-23)29-22-13-19(5-6-21(22)26(33)35)32-9-11-37-20(15-32)16-36-2/h5-6,12-14,20,23H,3-4,7-11,15-16H2,1-2H3,(H2,28,31)/t20-,23?/m1/s1. The van der Waals surface area contributed by atoms with Gasteiger partial charge in [0.15, 0.2) is 5.65 Å². The Kier molecular flexibility index (Phi) is 6.73. The zero-order valence-corrected chi connectivity index (χ0v) is 21.8. The van der Waals surface area contributed by atoms with Gasteiger partial charge in [-0.2, -0.15) is 4.98 Å². The van der Waals surface area contributed by atoms with Crippen molar-refractivity contribution in [3.8, 4) is 0 Å². The fraction of sp³-hybridized carbons (Fsp3) is 0.481.